The molecule has 0 bridgehead atoms. The van der Waals surface area contributed by atoms with E-state index in [-0.39, 0.29) is 0 Å². The molecule has 0 aromatic heterocycles. The van der Waals surface area contributed by atoms with Crippen molar-refractivity contribution >= 4 is 11.7 Å². The molecular weight excluding hydrogens is 356 g/mol. The van der Waals surface area contributed by atoms with Gasteiger partial charge in [-0.3, -0.25) is 9.59 Å². The van der Waals surface area contributed by atoms with E-state index in [0.29, 0.717) is 4.90 Å². The summed E-state index contributed by atoms with van der Waals surface area (Å²) in [5, 5.41) is 9.86. The molecule has 1 heterocycles. The van der Waals surface area contributed by atoms with Crippen LogP contribution in [0.1, 0.15) is 38.5 Å². The van der Waals surface area contributed by atoms with Crippen LogP contribution in [-0.2, 0) is 9.59 Å². The Hall–Kier alpha value is -1.32. The summed E-state index contributed by atoms with van der Waals surface area (Å²) >= 11 is 0. The minimum atomic E-state index is -3.82. The lowest BCUT2D eigenvalue weighted by Gasteiger charge is -2.37. The summed E-state index contributed by atoms with van der Waals surface area (Å²) in [5.41, 5.74) is -2.21. The molecule has 25 heavy (non-hydrogen) atoms. The minimum Gasteiger partial charge on any atom is -0.384 e. The molecule has 1 amide bonds. The van der Waals surface area contributed by atoms with Crippen molar-refractivity contribution in [3.05, 3.63) is 0 Å². The standard InChI is InChI=1S/C15H17F6NO3/c16-13(17)2-1-12(6-13)11(25)15(20,21)7-22(12)10(24)9(23)3-8-4-14(18,19)5-8/h8,11,25H,1-7H2/t11-,12+/m1/s1. The Morgan fingerprint density at radius 3 is 2.08 bits per heavy atom. The van der Waals surface area contributed by atoms with Gasteiger partial charge in [0.2, 0.25) is 11.7 Å². The van der Waals surface area contributed by atoms with Gasteiger partial charge in [0, 0.05) is 32.1 Å². The zero-order valence-corrected chi connectivity index (χ0v) is 13.1. The van der Waals surface area contributed by atoms with Gasteiger partial charge in [-0.25, -0.2) is 26.3 Å². The van der Waals surface area contributed by atoms with Gasteiger partial charge in [0.25, 0.3) is 17.8 Å². The predicted octanol–water partition coefficient (Wildman–Crippen LogP) is 2.39. The number of hydrogen-bond acceptors (Lipinski definition) is 3. The highest BCUT2D eigenvalue weighted by atomic mass is 19.3. The molecule has 0 radical (unpaired) electrons. The molecule has 1 aliphatic heterocycles. The molecule has 4 nitrogen and oxygen atoms in total. The Kier molecular flexibility index (Phi) is 3.95. The maximum absolute atomic E-state index is 13.9. The normalized spacial score (nSPS) is 35.8. The van der Waals surface area contributed by atoms with E-state index in [1.165, 1.54) is 0 Å². The average molecular weight is 373 g/mol. The molecule has 1 saturated heterocycles. The van der Waals surface area contributed by atoms with Crippen molar-refractivity contribution in [3.8, 4) is 0 Å². The molecule has 2 saturated carbocycles. The van der Waals surface area contributed by atoms with E-state index in [1.54, 1.807) is 0 Å². The highest BCUT2D eigenvalue weighted by Crippen LogP contribution is 2.54. The molecule has 142 valence electrons. The number of Topliss-reactive ketones (excluding diaryl/α,β-unsaturated/α-hetero) is 1. The van der Waals surface area contributed by atoms with Crippen LogP contribution >= 0.6 is 0 Å². The number of nitrogens with zero attached hydrogens (tertiary/aromatic N) is 1. The van der Waals surface area contributed by atoms with Crippen LogP contribution < -0.4 is 0 Å². The largest absolute Gasteiger partial charge is 0.384 e. The number of amides is 1. The summed E-state index contributed by atoms with van der Waals surface area (Å²) in [5.74, 6) is -13.4. The first-order chi connectivity index (χ1) is 11.3. The van der Waals surface area contributed by atoms with Crippen molar-refractivity contribution in [2.75, 3.05) is 6.54 Å². The molecule has 1 N–H and O–H groups in total. The maximum atomic E-state index is 13.9. The fourth-order valence-electron chi connectivity index (χ4n) is 4.19. The minimum absolute atomic E-state index is 0.345. The summed E-state index contributed by atoms with van der Waals surface area (Å²) in [6.45, 7) is -1.34. The third-order valence-electron chi connectivity index (χ3n) is 5.44. The lowest BCUT2D eigenvalue weighted by Crippen LogP contribution is -2.54. The van der Waals surface area contributed by atoms with Crippen molar-refractivity contribution in [3.63, 3.8) is 0 Å². The number of likely N-dealkylation sites (tertiary alicyclic amines) is 1. The molecule has 2 atom stereocenters. The Morgan fingerprint density at radius 1 is 1.00 bits per heavy atom. The Bertz CT molecular complexity index is 602. The van der Waals surface area contributed by atoms with Crippen LogP contribution in [0, 0.1) is 5.92 Å². The number of carbonyl (C=O) groups is 2. The zero-order valence-electron chi connectivity index (χ0n) is 13.1. The van der Waals surface area contributed by atoms with Crippen molar-refractivity contribution in [1.29, 1.82) is 0 Å². The number of aliphatic hydroxyl groups is 1. The fraction of sp³-hybridized carbons (Fsp3) is 0.867. The average Bonchev–Trinajstić information content (AvgIpc) is 2.86. The Morgan fingerprint density at radius 2 is 1.60 bits per heavy atom. The van der Waals surface area contributed by atoms with E-state index in [9.17, 15) is 41.0 Å². The van der Waals surface area contributed by atoms with Crippen LogP contribution in [0.15, 0.2) is 0 Å². The SMILES string of the molecule is O=C(CC1CC(F)(F)C1)C(=O)N1CC(F)(F)[C@H](O)[C@@]12CCC(F)(F)C2. The van der Waals surface area contributed by atoms with E-state index < -0.39 is 92.1 Å². The maximum Gasteiger partial charge on any atom is 0.292 e. The number of rotatable bonds is 3. The van der Waals surface area contributed by atoms with Gasteiger partial charge in [-0.2, -0.15) is 0 Å². The number of alkyl halides is 6. The first-order valence-corrected chi connectivity index (χ1v) is 7.94. The number of carbonyl (C=O) groups excluding carboxylic acids is 2. The Labute approximate surface area is 139 Å². The monoisotopic (exact) mass is 373 g/mol. The van der Waals surface area contributed by atoms with Gasteiger partial charge >= 0.3 is 0 Å². The van der Waals surface area contributed by atoms with Crippen LogP contribution in [0.3, 0.4) is 0 Å². The second-order valence-electron chi connectivity index (χ2n) is 7.45. The van der Waals surface area contributed by atoms with Crippen LogP contribution in [0.5, 0.6) is 0 Å². The third kappa shape index (κ3) is 3.02. The van der Waals surface area contributed by atoms with Gasteiger partial charge in [0.15, 0.2) is 0 Å². The van der Waals surface area contributed by atoms with E-state index in [2.05, 4.69) is 0 Å². The summed E-state index contributed by atoms with van der Waals surface area (Å²) < 4.78 is 80.6. The summed E-state index contributed by atoms with van der Waals surface area (Å²) in [6, 6.07) is 0. The third-order valence-corrected chi connectivity index (χ3v) is 5.44. The number of ketones is 1. The summed E-state index contributed by atoms with van der Waals surface area (Å²) in [7, 11) is 0. The molecule has 0 unspecified atom stereocenters. The Balaban J connectivity index is 1.77. The van der Waals surface area contributed by atoms with Crippen LogP contribution in [-0.4, -0.2) is 57.7 Å². The quantitative estimate of drug-likeness (QED) is 0.611. The number of halogens is 6. The van der Waals surface area contributed by atoms with Gasteiger partial charge in [-0.05, 0) is 12.3 Å². The fourth-order valence-corrected chi connectivity index (χ4v) is 4.19. The van der Waals surface area contributed by atoms with Crippen molar-refractivity contribution < 1.29 is 41.0 Å². The van der Waals surface area contributed by atoms with Crippen LogP contribution in [0.4, 0.5) is 26.3 Å². The van der Waals surface area contributed by atoms with Gasteiger partial charge in [-0.1, -0.05) is 0 Å². The molecule has 2 aliphatic carbocycles. The molecule has 10 heteroatoms. The van der Waals surface area contributed by atoms with Gasteiger partial charge < -0.3 is 10.0 Å². The lowest BCUT2D eigenvalue weighted by atomic mass is 9.78. The smallest absolute Gasteiger partial charge is 0.292 e. The van der Waals surface area contributed by atoms with Crippen molar-refractivity contribution in [2.45, 2.75) is 67.9 Å². The van der Waals surface area contributed by atoms with Crippen LogP contribution in [0.2, 0.25) is 0 Å². The van der Waals surface area contributed by atoms with Crippen LogP contribution in [0.25, 0.3) is 0 Å². The highest BCUT2D eigenvalue weighted by molar-refractivity contribution is 6.36. The van der Waals surface area contributed by atoms with Gasteiger partial charge in [0.05, 0.1) is 12.1 Å². The van der Waals surface area contributed by atoms with Crippen molar-refractivity contribution in [1.82, 2.24) is 4.90 Å². The van der Waals surface area contributed by atoms with E-state index >= 15 is 0 Å². The van der Waals surface area contributed by atoms with Gasteiger partial charge in [0.1, 0.15) is 6.10 Å². The molecular formula is C15H17F6NO3. The summed E-state index contributed by atoms with van der Waals surface area (Å²) in [6.07, 6.45) is -6.69. The molecule has 0 aromatic rings. The topological polar surface area (TPSA) is 57.6 Å². The van der Waals surface area contributed by atoms with Crippen molar-refractivity contribution in [2.24, 2.45) is 5.92 Å². The molecule has 3 fully saturated rings. The second kappa shape index (κ2) is 5.34. The zero-order chi connectivity index (χ0) is 18.8. The number of aliphatic hydroxyl groups excluding tert-OH is 1. The lowest BCUT2D eigenvalue weighted by molar-refractivity contribution is -0.154. The molecule has 3 rings (SSSR count). The van der Waals surface area contributed by atoms with E-state index in [0.717, 1.165) is 0 Å². The van der Waals surface area contributed by atoms with E-state index in [1.807, 2.05) is 0 Å². The van der Waals surface area contributed by atoms with Gasteiger partial charge in [-0.15, -0.1) is 0 Å². The first-order valence-electron chi connectivity index (χ1n) is 7.94. The molecule has 0 aromatic carbocycles. The first kappa shape index (κ1) is 18.5. The highest BCUT2D eigenvalue weighted by Gasteiger charge is 2.69. The molecule has 1 spiro atoms. The molecule has 3 aliphatic rings. The van der Waals surface area contributed by atoms with E-state index in [4.69, 9.17) is 0 Å². The number of hydrogen-bond donors (Lipinski definition) is 1. The summed E-state index contributed by atoms with van der Waals surface area (Å²) in [4.78, 5) is 24.6. The predicted molar refractivity (Wildman–Crippen MR) is 71.5 cm³/mol. The second-order valence-corrected chi connectivity index (χ2v) is 7.45.